The largest absolute Gasteiger partial charge is 0.493 e. The summed E-state index contributed by atoms with van der Waals surface area (Å²) in [6.07, 6.45) is 5.87. The van der Waals surface area contributed by atoms with Gasteiger partial charge in [-0.3, -0.25) is 9.59 Å². The van der Waals surface area contributed by atoms with Crippen molar-refractivity contribution in [3.05, 3.63) is 23.8 Å². The summed E-state index contributed by atoms with van der Waals surface area (Å²) in [7, 11) is 1.61. The molecule has 2 amide bonds. The van der Waals surface area contributed by atoms with Gasteiger partial charge in [0.2, 0.25) is 11.8 Å². The molecule has 1 aromatic carbocycles. The molecule has 1 saturated heterocycles. The van der Waals surface area contributed by atoms with E-state index in [4.69, 9.17) is 9.47 Å². The van der Waals surface area contributed by atoms with Crippen LogP contribution in [0, 0.1) is 11.8 Å². The molecule has 2 aliphatic rings. The van der Waals surface area contributed by atoms with Crippen LogP contribution < -0.4 is 14.8 Å². The summed E-state index contributed by atoms with van der Waals surface area (Å²) in [5.74, 6) is 1.90. The van der Waals surface area contributed by atoms with Crippen molar-refractivity contribution < 1.29 is 19.1 Å². The van der Waals surface area contributed by atoms with Gasteiger partial charge < -0.3 is 19.7 Å². The number of piperidine rings is 1. The van der Waals surface area contributed by atoms with E-state index in [9.17, 15) is 9.59 Å². The smallest absolute Gasteiger partial charge is 0.225 e. The third-order valence-electron chi connectivity index (χ3n) is 5.90. The van der Waals surface area contributed by atoms with Crippen molar-refractivity contribution in [2.45, 2.75) is 52.0 Å². The molecule has 6 nitrogen and oxygen atoms in total. The number of carbonyl (C=O) groups is 2. The van der Waals surface area contributed by atoms with Crippen molar-refractivity contribution in [1.82, 2.24) is 10.2 Å². The van der Waals surface area contributed by atoms with Gasteiger partial charge in [0.1, 0.15) is 0 Å². The summed E-state index contributed by atoms with van der Waals surface area (Å²) < 4.78 is 11.1. The number of benzene rings is 1. The molecule has 6 heteroatoms. The second-order valence-corrected chi connectivity index (χ2v) is 7.68. The van der Waals surface area contributed by atoms with E-state index >= 15 is 0 Å². The summed E-state index contributed by atoms with van der Waals surface area (Å²) in [6.45, 7) is 4.25. The van der Waals surface area contributed by atoms with Gasteiger partial charge in [0.15, 0.2) is 11.5 Å². The predicted octanol–water partition coefficient (Wildman–Crippen LogP) is 3.14. The molecule has 0 atom stereocenters. The van der Waals surface area contributed by atoms with E-state index in [-0.39, 0.29) is 17.7 Å². The Balaban J connectivity index is 1.50. The maximum atomic E-state index is 12.6. The maximum absolute atomic E-state index is 12.6. The van der Waals surface area contributed by atoms with Crippen LogP contribution in [0.2, 0.25) is 0 Å². The van der Waals surface area contributed by atoms with Crippen LogP contribution in [0.25, 0.3) is 0 Å². The van der Waals surface area contributed by atoms with Gasteiger partial charge in [-0.1, -0.05) is 25.0 Å². The first-order valence-corrected chi connectivity index (χ1v) is 10.5. The molecule has 1 aliphatic carbocycles. The van der Waals surface area contributed by atoms with E-state index in [0.29, 0.717) is 43.6 Å². The quantitative estimate of drug-likeness (QED) is 0.779. The molecule has 0 aromatic heterocycles. The number of rotatable bonds is 7. The molecule has 1 aliphatic heterocycles. The lowest BCUT2D eigenvalue weighted by atomic mass is 9.94. The molecule has 0 spiro atoms. The van der Waals surface area contributed by atoms with E-state index in [2.05, 4.69) is 5.32 Å². The minimum atomic E-state index is -0.0335. The minimum Gasteiger partial charge on any atom is -0.493 e. The molecule has 1 heterocycles. The van der Waals surface area contributed by atoms with Gasteiger partial charge in [-0.25, -0.2) is 0 Å². The van der Waals surface area contributed by atoms with Gasteiger partial charge in [-0.2, -0.15) is 0 Å². The van der Waals surface area contributed by atoms with Crippen LogP contribution in [-0.4, -0.2) is 43.5 Å². The molecule has 0 radical (unpaired) electrons. The van der Waals surface area contributed by atoms with Gasteiger partial charge in [-0.15, -0.1) is 0 Å². The number of amides is 2. The first-order chi connectivity index (χ1) is 13.6. The Kier molecular flexibility index (Phi) is 7.18. The lowest BCUT2D eigenvalue weighted by Gasteiger charge is -2.33. The number of nitrogens with one attached hydrogen (secondary N) is 1. The van der Waals surface area contributed by atoms with Crippen LogP contribution in [0.5, 0.6) is 11.5 Å². The van der Waals surface area contributed by atoms with Gasteiger partial charge >= 0.3 is 0 Å². The van der Waals surface area contributed by atoms with Crippen LogP contribution in [0.1, 0.15) is 51.0 Å². The molecule has 1 saturated carbocycles. The average molecular weight is 389 g/mol. The highest BCUT2D eigenvalue weighted by Crippen LogP contribution is 2.31. The number of nitrogens with zero attached hydrogens (tertiary/aromatic N) is 1. The van der Waals surface area contributed by atoms with E-state index in [1.807, 2.05) is 30.0 Å². The topological polar surface area (TPSA) is 67.9 Å². The first-order valence-electron chi connectivity index (χ1n) is 10.5. The number of para-hydroxylation sites is 1. The fraction of sp³-hybridized carbons (Fsp3) is 0.636. The Morgan fingerprint density at radius 2 is 1.82 bits per heavy atom. The summed E-state index contributed by atoms with van der Waals surface area (Å²) in [6, 6.07) is 5.69. The molecular weight excluding hydrogens is 356 g/mol. The Bertz CT molecular complexity index is 677. The molecular formula is C22H32N2O4. The summed E-state index contributed by atoms with van der Waals surface area (Å²) in [5, 5.41) is 3.04. The van der Waals surface area contributed by atoms with E-state index in [1.165, 1.54) is 12.8 Å². The highest BCUT2D eigenvalue weighted by molar-refractivity contribution is 5.81. The van der Waals surface area contributed by atoms with Gasteiger partial charge in [0.25, 0.3) is 0 Å². The Morgan fingerprint density at radius 3 is 2.46 bits per heavy atom. The second-order valence-electron chi connectivity index (χ2n) is 7.68. The van der Waals surface area contributed by atoms with E-state index < -0.39 is 0 Å². The van der Waals surface area contributed by atoms with Gasteiger partial charge in [0, 0.05) is 37.0 Å². The molecule has 0 unspecified atom stereocenters. The first kappa shape index (κ1) is 20.5. The zero-order valence-electron chi connectivity index (χ0n) is 17.0. The van der Waals surface area contributed by atoms with E-state index in [0.717, 1.165) is 31.2 Å². The molecule has 2 fully saturated rings. The van der Waals surface area contributed by atoms with Crippen LogP contribution >= 0.6 is 0 Å². The Morgan fingerprint density at radius 1 is 1.11 bits per heavy atom. The molecule has 0 bridgehead atoms. The number of likely N-dealkylation sites (tertiary alicyclic amines) is 1. The zero-order chi connectivity index (χ0) is 19.9. The lowest BCUT2D eigenvalue weighted by Crippen LogP contribution is -2.44. The number of hydrogen-bond acceptors (Lipinski definition) is 4. The summed E-state index contributed by atoms with van der Waals surface area (Å²) in [4.78, 5) is 27.2. The molecule has 28 heavy (non-hydrogen) atoms. The van der Waals surface area contributed by atoms with Crippen LogP contribution in [0.3, 0.4) is 0 Å². The lowest BCUT2D eigenvalue weighted by molar-refractivity contribution is -0.139. The third kappa shape index (κ3) is 4.78. The monoisotopic (exact) mass is 388 g/mol. The number of hydrogen-bond donors (Lipinski definition) is 1. The SMILES string of the molecule is CCOc1c(CNC(=O)C2CCN(C(=O)C3CCCC3)CC2)cccc1OC. The highest BCUT2D eigenvalue weighted by Gasteiger charge is 2.32. The number of carbonyl (C=O) groups excluding carboxylic acids is 2. The zero-order valence-corrected chi connectivity index (χ0v) is 17.0. The van der Waals surface area contributed by atoms with Gasteiger partial charge in [-0.05, 0) is 38.7 Å². The third-order valence-corrected chi connectivity index (χ3v) is 5.90. The van der Waals surface area contributed by atoms with Gasteiger partial charge in [0.05, 0.1) is 13.7 Å². The normalized spacial score (nSPS) is 18.1. The van der Waals surface area contributed by atoms with Crippen molar-refractivity contribution >= 4 is 11.8 Å². The fourth-order valence-corrected chi connectivity index (χ4v) is 4.29. The predicted molar refractivity (Wildman–Crippen MR) is 107 cm³/mol. The minimum absolute atomic E-state index is 0.0335. The Hall–Kier alpha value is -2.24. The van der Waals surface area contributed by atoms with Crippen molar-refractivity contribution in [2.75, 3.05) is 26.8 Å². The highest BCUT2D eigenvalue weighted by atomic mass is 16.5. The Labute approximate surface area is 167 Å². The molecule has 1 aromatic rings. The standard InChI is InChI=1S/C22H32N2O4/c1-3-28-20-18(9-6-10-19(20)27-2)15-23-21(25)16-11-13-24(14-12-16)22(26)17-7-4-5-8-17/h6,9-10,16-17H,3-5,7-8,11-15H2,1-2H3,(H,23,25). The van der Waals surface area contributed by atoms with Crippen LogP contribution in [0.4, 0.5) is 0 Å². The van der Waals surface area contributed by atoms with Crippen LogP contribution in [0.15, 0.2) is 18.2 Å². The van der Waals surface area contributed by atoms with Crippen molar-refractivity contribution in [1.29, 1.82) is 0 Å². The molecule has 154 valence electrons. The average Bonchev–Trinajstić information content (AvgIpc) is 3.27. The molecule has 1 N–H and O–H groups in total. The van der Waals surface area contributed by atoms with Crippen LogP contribution in [-0.2, 0) is 16.1 Å². The fourth-order valence-electron chi connectivity index (χ4n) is 4.29. The van der Waals surface area contributed by atoms with E-state index in [1.54, 1.807) is 7.11 Å². The maximum Gasteiger partial charge on any atom is 0.225 e. The summed E-state index contributed by atoms with van der Waals surface area (Å²) in [5.41, 5.74) is 0.906. The van der Waals surface area contributed by atoms with Crippen molar-refractivity contribution in [3.63, 3.8) is 0 Å². The summed E-state index contributed by atoms with van der Waals surface area (Å²) >= 11 is 0. The number of methoxy groups -OCH3 is 1. The van der Waals surface area contributed by atoms with Crippen molar-refractivity contribution in [2.24, 2.45) is 11.8 Å². The second kappa shape index (κ2) is 9.80. The number of ether oxygens (including phenoxy) is 2. The van der Waals surface area contributed by atoms with Crippen molar-refractivity contribution in [3.8, 4) is 11.5 Å². The molecule has 3 rings (SSSR count).